The molecule has 1 aliphatic heterocycles. The van der Waals surface area contributed by atoms with E-state index in [2.05, 4.69) is 53.4 Å². The summed E-state index contributed by atoms with van der Waals surface area (Å²) < 4.78 is 24.3. The van der Waals surface area contributed by atoms with Crippen LogP contribution in [0.2, 0.25) is 0 Å². The summed E-state index contributed by atoms with van der Waals surface area (Å²) >= 11 is 0. The fourth-order valence-electron chi connectivity index (χ4n) is 3.66. The molecule has 0 amide bonds. The van der Waals surface area contributed by atoms with E-state index >= 15 is 0 Å². The number of piperazine rings is 1. The molecular formula is C24H29N3O2S. The number of sulfone groups is 1. The van der Waals surface area contributed by atoms with Gasteiger partial charge in [-0.05, 0) is 31.9 Å². The first-order chi connectivity index (χ1) is 14.2. The molecule has 3 rings (SSSR count). The maximum atomic E-state index is 12.7. The van der Waals surface area contributed by atoms with Crippen molar-refractivity contribution in [3.8, 4) is 6.07 Å². The van der Waals surface area contributed by atoms with Gasteiger partial charge in [-0.15, -0.1) is 0 Å². The zero-order valence-electron chi connectivity index (χ0n) is 17.8. The molecule has 6 heteroatoms. The number of allylic oxidation sites excluding steroid dienone is 1. The predicted octanol–water partition coefficient (Wildman–Crippen LogP) is 3.97. The maximum absolute atomic E-state index is 12.7. The van der Waals surface area contributed by atoms with Gasteiger partial charge < -0.3 is 4.90 Å². The summed E-state index contributed by atoms with van der Waals surface area (Å²) in [4.78, 5) is 4.20. The standard InChI is InChI=1S/C24H29N3O2S/c1-24(2,3)30(28,29)22(18-25)19-26-14-16-27(17-15-26)23(20-10-6-4-7-11-20)21-12-8-5-9-13-21/h4-13,19,23H,14-17H2,1-3H3/b22-19+. The molecule has 1 heterocycles. The summed E-state index contributed by atoms with van der Waals surface area (Å²) in [5.74, 6) is 0. The monoisotopic (exact) mass is 423 g/mol. The molecule has 0 radical (unpaired) electrons. The third-order valence-electron chi connectivity index (χ3n) is 5.45. The van der Waals surface area contributed by atoms with E-state index in [1.165, 1.54) is 17.3 Å². The molecule has 0 aromatic heterocycles. The summed E-state index contributed by atoms with van der Waals surface area (Å²) in [5.41, 5.74) is 2.47. The molecule has 2 aromatic carbocycles. The highest BCUT2D eigenvalue weighted by molar-refractivity contribution is 7.96. The molecule has 5 nitrogen and oxygen atoms in total. The molecule has 1 aliphatic rings. The van der Waals surface area contributed by atoms with Gasteiger partial charge in [0.25, 0.3) is 0 Å². The van der Waals surface area contributed by atoms with E-state index < -0.39 is 14.6 Å². The van der Waals surface area contributed by atoms with Crippen molar-refractivity contribution in [1.29, 1.82) is 5.26 Å². The highest BCUT2D eigenvalue weighted by atomic mass is 32.2. The van der Waals surface area contributed by atoms with Crippen LogP contribution in [0.4, 0.5) is 0 Å². The van der Waals surface area contributed by atoms with Crippen LogP contribution in [-0.2, 0) is 9.84 Å². The smallest absolute Gasteiger partial charge is 0.194 e. The van der Waals surface area contributed by atoms with Crippen molar-refractivity contribution in [3.05, 3.63) is 82.9 Å². The van der Waals surface area contributed by atoms with Gasteiger partial charge in [0.15, 0.2) is 14.7 Å². The van der Waals surface area contributed by atoms with Crippen LogP contribution in [0, 0.1) is 11.3 Å². The lowest BCUT2D eigenvalue weighted by Gasteiger charge is -2.39. The fraction of sp³-hybridized carbons (Fsp3) is 0.375. The van der Waals surface area contributed by atoms with Gasteiger partial charge in [0, 0.05) is 32.4 Å². The van der Waals surface area contributed by atoms with Gasteiger partial charge in [0.2, 0.25) is 0 Å². The summed E-state index contributed by atoms with van der Waals surface area (Å²) in [6.07, 6.45) is 1.53. The molecule has 30 heavy (non-hydrogen) atoms. The fourth-order valence-corrected chi connectivity index (χ4v) is 4.73. The van der Waals surface area contributed by atoms with Crippen molar-refractivity contribution in [2.45, 2.75) is 31.6 Å². The van der Waals surface area contributed by atoms with E-state index in [9.17, 15) is 13.7 Å². The number of hydrogen-bond acceptors (Lipinski definition) is 5. The van der Waals surface area contributed by atoms with Crippen LogP contribution in [0.5, 0.6) is 0 Å². The Hall–Kier alpha value is -2.62. The second-order valence-corrected chi connectivity index (χ2v) is 11.2. The summed E-state index contributed by atoms with van der Waals surface area (Å²) in [6.45, 7) is 7.75. The highest BCUT2D eigenvalue weighted by Crippen LogP contribution is 2.30. The summed E-state index contributed by atoms with van der Waals surface area (Å²) in [7, 11) is -3.66. The lowest BCUT2D eigenvalue weighted by molar-refractivity contribution is 0.139. The van der Waals surface area contributed by atoms with E-state index in [0.29, 0.717) is 13.1 Å². The van der Waals surface area contributed by atoms with Gasteiger partial charge in [-0.25, -0.2) is 8.42 Å². The van der Waals surface area contributed by atoms with Gasteiger partial charge in [0.05, 0.1) is 10.8 Å². The quantitative estimate of drug-likeness (QED) is 0.681. The van der Waals surface area contributed by atoms with Crippen molar-refractivity contribution >= 4 is 9.84 Å². The molecule has 0 bridgehead atoms. The Morgan fingerprint density at radius 1 is 0.933 bits per heavy atom. The zero-order chi connectivity index (χ0) is 21.8. The minimum absolute atomic E-state index is 0.146. The van der Waals surface area contributed by atoms with Crippen LogP contribution in [0.3, 0.4) is 0 Å². The van der Waals surface area contributed by atoms with Gasteiger partial charge in [0.1, 0.15) is 6.07 Å². The van der Waals surface area contributed by atoms with Crippen molar-refractivity contribution in [2.24, 2.45) is 0 Å². The van der Waals surface area contributed by atoms with Crippen molar-refractivity contribution in [3.63, 3.8) is 0 Å². The Morgan fingerprint density at radius 2 is 1.40 bits per heavy atom. The second-order valence-electron chi connectivity index (χ2n) is 8.52. The number of rotatable bonds is 5. The van der Waals surface area contributed by atoms with Crippen molar-refractivity contribution in [1.82, 2.24) is 9.80 Å². The summed E-state index contributed by atoms with van der Waals surface area (Å²) in [5, 5.41) is 9.46. The Labute approximate surface area is 180 Å². The third kappa shape index (κ3) is 4.75. The van der Waals surface area contributed by atoms with Crippen molar-refractivity contribution in [2.75, 3.05) is 26.2 Å². The van der Waals surface area contributed by atoms with E-state index in [-0.39, 0.29) is 10.9 Å². The number of nitrogens with zero attached hydrogens (tertiary/aromatic N) is 3. The Bertz CT molecular complexity index is 972. The van der Waals surface area contributed by atoms with Gasteiger partial charge in [-0.3, -0.25) is 4.90 Å². The minimum atomic E-state index is -3.66. The Balaban J connectivity index is 1.80. The molecule has 0 aliphatic carbocycles. The molecule has 2 aromatic rings. The number of benzene rings is 2. The first-order valence-corrected chi connectivity index (χ1v) is 11.7. The minimum Gasteiger partial charge on any atom is -0.373 e. The first-order valence-electron chi connectivity index (χ1n) is 10.2. The van der Waals surface area contributed by atoms with E-state index in [1.807, 2.05) is 23.1 Å². The lowest BCUT2D eigenvalue weighted by atomic mass is 9.96. The van der Waals surface area contributed by atoms with Crippen LogP contribution in [-0.4, -0.2) is 49.1 Å². The van der Waals surface area contributed by atoms with Gasteiger partial charge in [-0.2, -0.15) is 5.26 Å². The van der Waals surface area contributed by atoms with Crippen molar-refractivity contribution < 1.29 is 8.42 Å². The first kappa shape index (κ1) is 22.1. The Morgan fingerprint density at radius 3 is 1.80 bits per heavy atom. The largest absolute Gasteiger partial charge is 0.373 e. The molecule has 0 spiro atoms. The molecule has 0 unspecified atom stereocenters. The average Bonchev–Trinajstić information content (AvgIpc) is 2.74. The maximum Gasteiger partial charge on any atom is 0.194 e. The van der Waals surface area contributed by atoms with Crippen LogP contribution in [0.1, 0.15) is 37.9 Å². The van der Waals surface area contributed by atoms with E-state index in [1.54, 1.807) is 20.8 Å². The van der Waals surface area contributed by atoms with Crippen LogP contribution < -0.4 is 0 Å². The predicted molar refractivity (Wildman–Crippen MR) is 120 cm³/mol. The second kappa shape index (κ2) is 9.03. The lowest BCUT2D eigenvalue weighted by Crippen LogP contribution is -2.46. The third-order valence-corrected chi connectivity index (χ3v) is 7.84. The SMILES string of the molecule is CC(C)(C)S(=O)(=O)/C(C#N)=C/N1CCN(C(c2ccccc2)c2ccccc2)CC1. The number of nitriles is 1. The zero-order valence-corrected chi connectivity index (χ0v) is 18.6. The van der Waals surface area contributed by atoms with Gasteiger partial charge >= 0.3 is 0 Å². The van der Waals surface area contributed by atoms with Crippen LogP contribution >= 0.6 is 0 Å². The molecule has 0 N–H and O–H groups in total. The van der Waals surface area contributed by atoms with Crippen LogP contribution in [0.25, 0.3) is 0 Å². The summed E-state index contributed by atoms with van der Waals surface area (Å²) in [6, 6.07) is 22.9. The van der Waals surface area contributed by atoms with Gasteiger partial charge in [-0.1, -0.05) is 60.7 Å². The highest BCUT2D eigenvalue weighted by Gasteiger charge is 2.34. The van der Waals surface area contributed by atoms with E-state index in [0.717, 1.165) is 13.1 Å². The molecular weight excluding hydrogens is 394 g/mol. The average molecular weight is 424 g/mol. The van der Waals surface area contributed by atoms with Crippen LogP contribution in [0.15, 0.2) is 71.8 Å². The molecule has 0 saturated carbocycles. The van der Waals surface area contributed by atoms with E-state index in [4.69, 9.17) is 0 Å². The topological polar surface area (TPSA) is 64.4 Å². The molecule has 158 valence electrons. The molecule has 0 atom stereocenters. The Kier molecular flexibility index (Phi) is 6.64. The molecule has 1 fully saturated rings. The molecule has 1 saturated heterocycles. The normalized spacial score (nSPS) is 16.5. The number of hydrogen-bond donors (Lipinski definition) is 0.